The SMILES string of the molecule is N=C(N)CNS(=O)(=O)NCC(F)(F)F. The van der Waals surface area contributed by atoms with Gasteiger partial charge < -0.3 is 5.73 Å². The van der Waals surface area contributed by atoms with Gasteiger partial charge in [-0.1, -0.05) is 0 Å². The Balaban J connectivity index is 4.03. The minimum Gasteiger partial charge on any atom is -0.387 e. The summed E-state index contributed by atoms with van der Waals surface area (Å²) in [5.41, 5.74) is 4.79. The summed E-state index contributed by atoms with van der Waals surface area (Å²) >= 11 is 0. The van der Waals surface area contributed by atoms with E-state index in [2.05, 4.69) is 0 Å². The monoisotopic (exact) mass is 234 g/mol. The summed E-state index contributed by atoms with van der Waals surface area (Å²) in [4.78, 5) is 0. The molecule has 0 radical (unpaired) electrons. The lowest BCUT2D eigenvalue weighted by Gasteiger charge is -2.09. The standard InChI is InChI=1S/C4H9F3N4O2S/c5-4(6,7)2-11-14(12,13)10-1-3(8)9/h10-11H,1-2H2,(H3,8,9). The first-order chi connectivity index (χ1) is 6.12. The van der Waals surface area contributed by atoms with Crippen LogP contribution in [0.15, 0.2) is 0 Å². The van der Waals surface area contributed by atoms with Gasteiger partial charge in [0.25, 0.3) is 10.2 Å². The van der Waals surface area contributed by atoms with E-state index in [1.54, 1.807) is 4.72 Å². The molecule has 5 N–H and O–H groups in total. The maximum atomic E-state index is 11.6. The average Bonchev–Trinajstić information content (AvgIpc) is 1.97. The fourth-order valence-corrected chi connectivity index (χ4v) is 1.20. The van der Waals surface area contributed by atoms with Crippen molar-refractivity contribution in [2.45, 2.75) is 6.18 Å². The Kier molecular flexibility index (Phi) is 4.29. The van der Waals surface area contributed by atoms with Gasteiger partial charge in [0.15, 0.2) is 0 Å². The molecule has 0 aromatic rings. The predicted molar refractivity (Wildman–Crippen MR) is 42.9 cm³/mol. The number of rotatable bonds is 5. The zero-order valence-electron chi connectivity index (χ0n) is 6.85. The second-order valence-corrected chi connectivity index (χ2v) is 3.87. The molecule has 84 valence electrons. The second kappa shape index (κ2) is 4.57. The van der Waals surface area contributed by atoms with E-state index in [1.165, 1.54) is 4.72 Å². The molecule has 10 heteroatoms. The number of amidine groups is 1. The second-order valence-electron chi connectivity index (χ2n) is 2.29. The van der Waals surface area contributed by atoms with Crippen molar-refractivity contribution in [1.29, 1.82) is 5.41 Å². The molecule has 14 heavy (non-hydrogen) atoms. The van der Waals surface area contributed by atoms with Gasteiger partial charge in [-0.05, 0) is 0 Å². The van der Waals surface area contributed by atoms with Crippen LogP contribution in [0.1, 0.15) is 0 Å². The third kappa shape index (κ3) is 7.76. The Bertz CT molecular complexity index is 298. The Morgan fingerprint density at radius 2 is 1.86 bits per heavy atom. The summed E-state index contributed by atoms with van der Waals surface area (Å²) in [6.45, 7) is -2.20. The summed E-state index contributed by atoms with van der Waals surface area (Å²) in [6, 6.07) is 0. The number of hydrogen-bond donors (Lipinski definition) is 4. The van der Waals surface area contributed by atoms with E-state index in [0.717, 1.165) is 0 Å². The van der Waals surface area contributed by atoms with Crippen molar-refractivity contribution in [1.82, 2.24) is 9.44 Å². The topological polar surface area (TPSA) is 108 Å². The molecule has 0 unspecified atom stereocenters. The summed E-state index contributed by atoms with van der Waals surface area (Å²) in [5, 5.41) is 6.63. The molecule has 0 fully saturated rings. The lowest BCUT2D eigenvalue weighted by molar-refractivity contribution is -0.121. The van der Waals surface area contributed by atoms with E-state index >= 15 is 0 Å². The van der Waals surface area contributed by atoms with Crippen LogP contribution in [-0.4, -0.2) is 33.5 Å². The minimum absolute atomic E-state index is 0.498. The molecule has 6 nitrogen and oxygen atoms in total. The van der Waals surface area contributed by atoms with E-state index in [1.807, 2.05) is 0 Å². The smallest absolute Gasteiger partial charge is 0.387 e. The third-order valence-corrected chi connectivity index (χ3v) is 1.96. The van der Waals surface area contributed by atoms with Crippen molar-refractivity contribution in [2.24, 2.45) is 5.73 Å². The molecule has 0 spiro atoms. The molecular weight excluding hydrogens is 225 g/mol. The van der Waals surface area contributed by atoms with E-state index in [0.29, 0.717) is 0 Å². The van der Waals surface area contributed by atoms with Gasteiger partial charge >= 0.3 is 6.18 Å². The van der Waals surface area contributed by atoms with Crippen molar-refractivity contribution in [3.05, 3.63) is 0 Å². The minimum atomic E-state index is -4.62. The van der Waals surface area contributed by atoms with Crippen LogP contribution in [0.2, 0.25) is 0 Å². The zero-order chi connectivity index (χ0) is 11.4. The Morgan fingerprint density at radius 3 is 2.21 bits per heavy atom. The lowest BCUT2D eigenvalue weighted by Crippen LogP contribution is -2.44. The maximum Gasteiger partial charge on any atom is 0.402 e. The molecule has 0 atom stereocenters. The zero-order valence-corrected chi connectivity index (χ0v) is 7.67. The highest BCUT2D eigenvalue weighted by molar-refractivity contribution is 7.87. The molecule has 0 aliphatic rings. The third-order valence-electron chi connectivity index (χ3n) is 0.915. The molecule has 0 aromatic heterocycles. The number of nitrogens with one attached hydrogen (secondary N) is 3. The molecule has 0 heterocycles. The van der Waals surface area contributed by atoms with Gasteiger partial charge in [0.1, 0.15) is 12.4 Å². The van der Waals surface area contributed by atoms with Crippen LogP contribution >= 0.6 is 0 Å². The highest BCUT2D eigenvalue weighted by Crippen LogP contribution is 2.12. The number of alkyl halides is 3. The summed E-state index contributed by atoms with van der Waals surface area (Å²) < 4.78 is 59.0. The first-order valence-electron chi connectivity index (χ1n) is 3.26. The van der Waals surface area contributed by atoms with Crippen molar-refractivity contribution in [3.8, 4) is 0 Å². The molecule has 0 bridgehead atoms. The molecule has 0 aromatic carbocycles. The highest BCUT2D eigenvalue weighted by Gasteiger charge is 2.29. The van der Waals surface area contributed by atoms with Gasteiger partial charge in [-0.2, -0.15) is 31.0 Å². The first-order valence-corrected chi connectivity index (χ1v) is 4.74. The van der Waals surface area contributed by atoms with Crippen LogP contribution in [0, 0.1) is 5.41 Å². The van der Waals surface area contributed by atoms with Crippen molar-refractivity contribution >= 4 is 16.0 Å². The van der Waals surface area contributed by atoms with E-state index in [9.17, 15) is 21.6 Å². The summed E-state index contributed by atoms with van der Waals surface area (Å²) in [6.07, 6.45) is -4.62. The van der Waals surface area contributed by atoms with Gasteiger partial charge in [-0.25, -0.2) is 0 Å². The number of hydrogen-bond acceptors (Lipinski definition) is 3. The van der Waals surface area contributed by atoms with Gasteiger partial charge in [0.05, 0.1) is 6.54 Å². The Hall–Kier alpha value is -0.870. The predicted octanol–water partition coefficient (Wildman–Crippen LogP) is -1.09. The Labute approximate surface area is 78.4 Å². The fraction of sp³-hybridized carbons (Fsp3) is 0.750. The van der Waals surface area contributed by atoms with Crippen molar-refractivity contribution < 1.29 is 21.6 Å². The van der Waals surface area contributed by atoms with Crippen LogP contribution in [0.25, 0.3) is 0 Å². The fourth-order valence-electron chi connectivity index (χ4n) is 0.401. The molecular formula is C4H9F3N4O2S. The molecule has 0 amide bonds. The van der Waals surface area contributed by atoms with E-state index in [-0.39, 0.29) is 0 Å². The van der Waals surface area contributed by atoms with E-state index < -0.39 is 35.3 Å². The van der Waals surface area contributed by atoms with E-state index in [4.69, 9.17) is 11.1 Å². The maximum absolute atomic E-state index is 11.6. The van der Waals surface area contributed by atoms with Crippen LogP contribution in [0.4, 0.5) is 13.2 Å². The first kappa shape index (κ1) is 13.1. The van der Waals surface area contributed by atoms with Crippen LogP contribution in [0.3, 0.4) is 0 Å². The Morgan fingerprint density at radius 1 is 1.36 bits per heavy atom. The summed E-state index contributed by atoms with van der Waals surface area (Å²) in [7, 11) is -4.25. The number of nitrogens with two attached hydrogens (primary N) is 1. The summed E-state index contributed by atoms with van der Waals surface area (Å²) in [5.74, 6) is -0.498. The average molecular weight is 234 g/mol. The molecule has 0 saturated heterocycles. The normalized spacial score (nSPS) is 12.8. The lowest BCUT2D eigenvalue weighted by atomic mass is 10.6. The van der Waals surface area contributed by atoms with Gasteiger partial charge in [-0.15, -0.1) is 0 Å². The highest BCUT2D eigenvalue weighted by atomic mass is 32.2. The van der Waals surface area contributed by atoms with Gasteiger partial charge in [-0.3, -0.25) is 5.41 Å². The van der Waals surface area contributed by atoms with Crippen LogP contribution < -0.4 is 15.2 Å². The largest absolute Gasteiger partial charge is 0.402 e. The van der Waals surface area contributed by atoms with Crippen LogP contribution in [-0.2, 0) is 10.2 Å². The molecule has 0 aliphatic carbocycles. The molecule has 0 saturated carbocycles. The number of halogens is 3. The van der Waals surface area contributed by atoms with Gasteiger partial charge in [0, 0.05) is 0 Å². The molecule has 0 rings (SSSR count). The van der Waals surface area contributed by atoms with Crippen molar-refractivity contribution in [2.75, 3.05) is 13.1 Å². The van der Waals surface area contributed by atoms with Crippen LogP contribution in [0.5, 0.6) is 0 Å². The van der Waals surface area contributed by atoms with Crippen molar-refractivity contribution in [3.63, 3.8) is 0 Å². The molecule has 0 aliphatic heterocycles. The van der Waals surface area contributed by atoms with Gasteiger partial charge in [0.2, 0.25) is 0 Å². The quantitative estimate of drug-likeness (QED) is 0.358.